The molecule has 152 valence electrons. The second kappa shape index (κ2) is 7.86. The van der Waals surface area contributed by atoms with Gasteiger partial charge in [-0.15, -0.1) is 0 Å². The first-order valence-electron chi connectivity index (χ1n) is 10.3. The molecule has 3 aromatic heterocycles. The second-order valence-corrected chi connectivity index (χ2v) is 6.56. The number of halogens is 2. The van der Waals surface area contributed by atoms with Crippen LogP contribution in [0.3, 0.4) is 0 Å². The van der Waals surface area contributed by atoms with Crippen molar-refractivity contribution in [2.45, 2.75) is 13.0 Å². The summed E-state index contributed by atoms with van der Waals surface area (Å²) in [6.45, 7) is -2.48. The summed E-state index contributed by atoms with van der Waals surface area (Å²) in [7, 11) is 0. The van der Waals surface area contributed by atoms with E-state index < -0.39 is 19.3 Å². The Kier molecular flexibility index (Phi) is 4.19. The average Bonchev–Trinajstić information content (AvgIpc) is 3.25. The van der Waals surface area contributed by atoms with Gasteiger partial charge in [-0.05, 0) is 35.2 Å². The molecule has 1 aromatic carbocycles. The minimum atomic E-state index is -2.74. The van der Waals surface area contributed by atoms with Crippen LogP contribution in [-0.4, -0.2) is 32.6 Å². The maximum atomic E-state index is 13.1. The molecule has 30 heavy (non-hydrogen) atoms. The van der Waals surface area contributed by atoms with E-state index in [1.807, 2.05) is 5.32 Å². The van der Waals surface area contributed by atoms with Crippen LogP contribution >= 0.6 is 0 Å². The molecule has 0 radical (unpaired) electrons. The third-order valence-corrected chi connectivity index (χ3v) is 4.68. The summed E-state index contributed by atoms with van der Waals surface area (Å²) in [6.07, 6.45) is 1.39. The predicted octanol–water partition coefficient (Wildman–Crippen LogP) is 3.13. The Morgan fingerprint density at radius 2 is 2.17 bits per heavy atom. The van der Waals surface area contributed by atoms with Gasteiger partial charge in [0.05, 0.1) is 23.8 Å². The molecule has 4 rings (SSSR count). The molecule has 0 aliphatic carbocycles. The minimum absolute atomic E-state index is 0.128. The van der Waals surface area contributed by atoms with Gasteiger partial charge >= 0.3 is 0 Å². The number of rotatable bonds is 5. The monoisotopic (exact) mass is 412 g/mol. The lowest BCUT2D eigenvalue weighted by Crippen LogP contribution is -2.21. The summed E-state index contributed by atoms with van der Waals surface area (Å²) < 4.78 is 49.1. The normalized spacial score (nSPS) is 13.1. The van der Waals surface area contributed by atoms with Gasteiger partial charge in [-0.25, -0.2) is 8.78 Å². The number of amides is 1. The van der Waals surface area contributed by atoms with E-state index in [4.69, 9.17) is 4.11 Å². The van der Waals surface area contributed by atoms with Crippen LogP contribution in [-0.2, 0) is 6.54 Å². The third-order valence-electron chi connectivity index (χ3n) is 4.68. The van der Waals surface area contributed by atoms with E-state index in [1.54, 1.807) is 24.4 Å². The van der Waals surface area contributed by atoms with Gasteiger partial charge in [-0.2, -0.15) is 5.10 Å². The van der Waals surface area contributed by atoms with Crippen LogP contribution in [0, 0.1) is 0 Å². The summed E-state index contributed by atoms with van der Waals surface area (Å²) in [6, 6.07) is 9.48. The van der Waals surface area contributed by atoms with Crippen molar-refractivity contribution < 1.29 is 17.7 Å². The van der Waals surface area contributed by atoms with Crippen molar-refractivity contribution in [3.63, 3.8) is 0 Å². The zero-order valence-corrected chi connectivity index (χ0v) is 15.4. The summed E-state index contributed by atoms with van der Waals surface area (Å²) in [5.74, 6) is -0.748. The van der Waals surface area contributed by atoms with Crippen molar-refractivity contribution in [2.75, 3.05) is 6.98 Å². The van der Waals surface area contributed by atoms with E-state index >= 15 is 0 Å². The topological polar surface area (TPSA) is 92.7 Å². The van der Waals surface area contributed by atoms with Gasteiger partial charge in [0.15, 0.2) is 0 Å². The van der Waals surface area contributed by atoms with Crippen LogP contribution in [0.5, 0.6) is 0 Å². The highest BCUT2D eigenvalue weighted by Crippen LogP contribution is 2.29. The number of benzene rings is 1. The molecule has 7 nitrogen and oxygen atoms in total. The SMILES string of the molecule is [2H]C([2H])([2H])NC(=O)c1cccc(Cn2ccc3cc(-c4cn[nH]c4C(F)F)ncc3c2=O)c1. The van der Waals surface area contributed by atoms with E-state index in [1.165, 1.54) is 35.2 Å². The largest absolute Gasteiger partial charge is 0.355 e. The van der Waals surface area contributed by atoms with Crippen molar-refractivity contribution in [1.29, 1.82) is 0 Å². The van der Waals surface area contributed by atoms with E-state index in [0.717, 1.165) is 0 Å². The molecule has 0 atom stereocenters. The number of fused-ring (bicyclic) bond motifs is 1. The molecule has 0 fully saturated rings. The number of alkyl halides is 2. The molecule has 0 aliphatic heterocycles. The average molecular weight is 412 g/mol. The number of carbonyl (C=O) groups is 1. The first-order valence-corrected chi connectivity index (χ1v) is 8.85. The number of hydrogen-bond donors (Lipinski definition) is 2. The zero-order chi connectivity index (χ0) is 23.8. The van der Waals surface area contributed by atoms with Crippen LogP contribution in [0.4, 0.5) is 8.78 Å². The molecule has 2 N–H and O–H groups in total. The molecular weight excluding hydrogens is 392 g/mol. The van der Waals surface area contributed by atoms with Crippen molar-refractivity contribution in [2.24, 2.45) is 0 Å². The minimum Gasteiger partial charge on any atom is -0.355 e. The van der Waals surface area contributed by atoms with Crippen LogP contribution < -0.4 is 10.9 Å². The highest BCUT2D eigenvalue weighted by Gasteiger charge is 2.18. The summed E-state index contributed by atoms with van der Waals surface area (Å²) in [4.78, 5) is 29.2. The molecule has 1 amide bonds. The molecule has 0 aliphatic rings. The van der Waals surface area contributed by atoms with Crippen molar-refractivity contribution in [3.05, 3.63) is 82.2 Å². The fraction of sp³-hybridized carbons (Fsp3) is 0.143. The molecule has 3 heterocycles. The highest BCUT2D eigenvalue weighted by molar-refractivity contribution is 5.94. The number of carbonyl (C=O) groups excluding carboxylic acids is 1. The van der Waals surface area contributed by atoms with Crippen molar-refractivity contribution in [3.8, 4) is 11.3 Å². The van der Waals surface area contributed by atoms with Crippen molar-refractivity contribution in [1.82, 2.24) is 25.1 Å². The standard InChI is InChI=1S/C21H17F2N5O2/c1-24-20(29)14-4-2-3-12(7-14)11-28-6-5-13-8-17(25-9-15(13)21(28)30)16-10-26-27-18(16)19(22)23/h2-10,19H,11H2,1H3,(H,24,29)(H,26,27)/i1D3. The Balaban J connectivity index is 1.63. The maximum absolute atomic E-state index is 13.1. The van der Waals surface area contributed by atoms with Gasteiger partial charge in [-0.1, -0.05) is 12.1 Å². The van der Waals surface area contributed by atoms with E-state index in [2.05, 4.69) is 15.2 Å². The zero-order valence-electron chi connectivity index (χ0n) is 18.4. The first kappa shape index (κ1) is 16.0. The number of aromatic amines is 1. The molecule has 0 saturated heterocycles. The third kappa shape index (κ3) is 3.57. The summed E-state index contributed by atoms with van der Waals surface area (Å²) >= 11 is 0. The van der Waals surface area contributed by atoms with Crippen molar-refractivity contribution >= 4 is 16.7 Å². The van der Waals surface area contributed by atoms with Crippen LogP contribution in [0.25, 0.3) is 22.0 Å². The van der Waals surface area contributed by atoms with Gasteiger partial charge in [0.25, 0.3) is 17.9 Å². The van der Waals surface area contributed by atoms with E-state index in [9.17, 15) is 18.4 Å². The number of nitrogens with zero attached hydrogens (tertiary/aromatic N) is 3. The number of nitrogens with one attached hydrogen (secondary N) is 2. The fourth-order valence-corrected chi connectivity index (χ4v) is 3.20. The lowest BCUT2D eigenvalue weighted by Gasteiger charge is -2.09. The number of H-pyrrole nitrogens is 1. The van der Waals surface area contributed by atoms with Gasteiger partial charge in [-0.3, -0.25) is 19.7 Å². The molecule has 0 unspecified atom stereocenters. The molecule has 0 saturated carbocycles. The molecule has 0 spiro atoms. The Morgan fingerprint density at radius 3 is 2.97 bits per heavy atom. The highest BCUT2D eigenvalue weighted by atomic mass is 19.3. The van der Waals surface area contributed by atoms with Gasteiger partial charge < -0.3 is 9.88 Å². The Morgan fingerprint density at radius 1 is 1.30 bits per heavy atom. The van der Waals surface area contributed by atoms with Gasteiger partial charge in [0.1, 0.15) is 5.69 Å². The van der Waals surface area contributed by atoms with Crippen LogP contribution in [0.2, 0.25) is 0 Å². The van der Waals surface area contributed by atoms with E-state index in [-0.39, 0.29) is 34.6 Å². The Hall–Kier alpha value is -3.88. The number of pyridine rings is 2. The molecule has 4 aromatic rings. The second-order valence-electron chi connectivity index (χ2n) is 6.56. The fourth-order valence-electron chi connectivity index (χ4n) is 3.20. The molecular formula is C21H17F2N5O2. The Labute approximate surface area is 173 Å². The number of aromatic nitrogens is 4. The number of hydrogen-bond acceptors (Lipinski definition) is 4. The maximum Gasteiger partial charge on any atom is 0.280 e. The van der Waals surface area contributed by atoms with E-state index in [0.29, 0.717) is 16.3 Å². The molecule has 9 heteroatoms. The quantitative estimate of drug-likeness (QED) is 0.527. The first-order chi connectivity index (χ1) is 15.6. The summed E-state index contributed by atoms with van der Waals surface area (Å²) in [5.41, 5.74) is 0.473. The lowest BCUT2D eigenvalue weighted by atomic mass is 10.1. The van der Waals surface area contributed by atoms with Gasteiger partial charge in [0.2, 0.25) is 0 Å². The lowest BCUT2D eigenvalue weighted by molar-refractivity contribution is 0.0963. The molecule has 0 bridgehead atoms. The van der Waals surface area contributed by atoms with Gasteiger partial charge in [0, 0.05) is 34.6 Å². The van der Waals surface area contributed by atoms with Crippen LogP contribution in [0.1, 0.15) is 32.2 Å². The smallest absolute Gasteiger partial charge is 0.280 e. The summed E-state index contributed by atoms with van der Waals surface area (Å²) in [5, 5.41) is 8.64. The van der Waals surface area contributed by atoms with Crippen LogP contribution in [0.15, 0.2) is 59.8 Å². The Bertz CT molecular complexity index is 1400. The predicted molar refractivity (Wildman–Crippen MR) is 107 cm³/mol.